The van der Waals surface area contributed by atoms with Crippen molar-refractivity contribution in [1.82, 2.24) is 4.90 Å². The average molecular weight is 484 g/mol. The number of nitrogens with two attached hydrogens (primary N) is 1. The Bertz CT molecular complexity index is 1130. The smallest absolute Gasteiger partial charge is 0.380 e. The fourth-order valence-corrected chi connectivity index (χ4v) is 5.20. The van der Waals surface area contributed by atoms with Crippen molar-refractivity contribution in [2.75, 3.05) is 12.4 Å². The van der Waals surface area contributed by atoms with Crippen LogP contribution in [0.1, 0.15) is 24.2 Å². The minimum absolute atomic E-state index is 0.0975. The molecule has 1 saturated heterocycles. The van der Waals surface area contributed by atoms with Crippen LogP contribution in [-0.2, 0) is 23.9 Å². The molecule has 0 spiro atoms. The topological polar surface area (TPSA) is 142 Å². The maximum Gasteiger partial charge on any atom is 0.380 e. The van der Waals surface area contributed by atoms with Gasteiger partial charge in [0.2, 0.25) is 0 Å². The van der Waals surface area contributed by atoms with Crippen LogP contribution in [0.3, 0.4) is 0 Å². The highest BCUT2D eigenvalue weighted by atomic mass is 32.2. The first-order valence-corrected chi connectivity index (χ1v) is 11.3. The first-order chi connectivity index (χ1) is 16.2. The van der Waals surface area contributed by atoms with Crippen molar-refractivity contribution in [3.63, 3.8) is 0 Å². The fourth-order valence-electron chi connectivity index (χ4n) is 3.83. The molecule has 4 rings (SSSR count). The summed E-state index contributed by atoms with van der Waals surface area (Å²) in [6.45, 7) is 0.950. The summed E-state index contributed by atoms with van der Waals surface area (Å²) in [7, 11) is 0. The van der Waals surface area contributed by atoms with Crippen LogP contribution in [0.5, 0.6) is 0 Å². The zero-order valence-corrected chi connectivity index (χ0v) is 18.9. The van der Waals surface area contributed by atoms with E-state index in [1.165, 1.54) is 6.92 Å². The Morgan fingerprint density at radius 3 is 2.24 bits per heavy atom. The van der Waals surface area contributed by atoms with Gasteiger partial charge < -0.3 is 9.47 Å². The van der Waals surface area contributed by atoms with E-state index in [-0.39, 0.29) is 18.1 Å². The molecule has 1 fully saturated rings. The van der Waals surface area contributed by atoms with Gasteiger partial charge in [-0.3, -0.25) is 30.3 Å². The lowest BCUT2D eigenvalue weighted by atomic mass is 9.97. The van der Waals surface area contributed by atoms with E-state index >= 15 is 0 Å². The summed E-state index contributed by atoms with van der Waals surface area (Å²) in [5.74, 6) is -2.38. The summed E-state index contributed by atoms with van der Waals surface area (Å²) in [4.78, 5) is 49.3. The van der Waals surface area contributed by atoms with Gasteiger partial charge in [0.05, 0.1) is 4.92 Å². The van der Waals surface area contributed by atoms with Crippen LogP contribution in [0, 0.1) is 10.1 Å². The second kappa shape index (κ2) is 9.27. The number of esters is 2. The van der Waals surface area contributed by atoms with Gasteiger partial charge in [0.1, 0.15) is 12.3 Å². The number of hydrogen-bond donors (Lipinski definition) is 1. The molecule has 1 unspecified atom stereocenters. The molecule has 176 valence electrons. The van der Waals surface area contributed by atoms with Crippen molar-refractivity contribution in [3.8, 4) is 0 Å². The zero-order chi connectivity index (χ0) is 24.5. The molecule has 2 heterocycles. The summed E-state index contributed by atoms with van der Waals surface area (Å²) in [6, 6.07) is 18.0. The van der Waals surface area contributed by atoms with Gasteiger partial charge in [0, 0.05) is 18.2 Å². The quantitative estimate of drug-likeness (QED) is 0.206. The van der Waals surface area contributed by atoms with Gasteiger partial charge in [-0.1, -0.05) is 60.7 Å². The van der Waals surface area contributed by atoms with E-state index in [1.807, 2.05) is 12.1 Å². The molecule has 0 saturated carbocycles. The molecular weight excluding hydrogens is 462 g/mol. The van der Waals surface area contributed by atoms with Crippen molar-refractivity contribution in [3.05, 3.63) is 93.2 Å². The maximum absolute atomic E-state index is 13.5. The summed E-state index contributed by atoms with van der Waals surface area (Å²) < 4.78 is 10.9. The number of nitro groups is 1. The molecule has 0 bridgehead atoms. The van der Waals surface area contributed by atoms with E-state index in [2.05, 4.69) is 0 Å². The Labute approximate surface area is 198 Å². The largest absolute Gasteiger partial charge is 0.461 e. The summed E-state index contributed by atoms with van der Waals surface area (Å²) in [6.07, 6.45) is -0.806. The molecule has 2 aliphatic heterocycles. The molecule has 0 aliphatic carbocycles. The van der Waals surface area contributed by atoms with E-state index < -0.39 is 39.9 Å². The van der Waals surface area contributed by atoms with E-state index in [0.29, 0.717) is 16.7 Å². The van der Waals surface area contributed by atoms with Gasteiger partial charge in [-0.2, -0.15) is 0 Å². The lowest BCUT2D eigenvalue weighted by molar-refractivity contribution is -0.566. The van der Waals surface area contributed by atoms with Crippen molar-refractivity contribution in [1.29, 1.82) is 0 Å². The van der Waals surface area contributed by atoms with Gasteiger partial charge in [-0.25, -0.2) is 4.79 Å². The van der Waals surface area contributed by atoms with Gasteiger partial charge in [-0.05, 0) is 11.1 Å². The first kappa shape index (κ1) is 23.5. The van der Waals surface area contributed by atoms with Crippen LogP contribution in [0.25, 0.3) is 0 Å². The van der Waals surface area contributed by atoms with E-state index in [0.717, 1.165) is 16.7 Å². The summed E-state index contributed by atoms with van der Waals surface area (Å²) in [5.41, 5.74) is 4.95. The van der Waals surface area contributed by atoms with Crippen LogP contribution < -0.4 is 5.73 Å². The molecule has 2 N–H and O–H groups in total. The van der Waals surface area contributed by atoms with E-state index in [9.17, 15) is 24.5 Å². The second-order valence-corrected chi connectivity index (χ2v) is 8.83. The van der Waals surface area contributed by atoms with Gasteiger partial charge in [0.15, 0.2) is 11.5 Å². The van der Waals surface area contributed by atoms with Gasteiger partial charge in [-0.15, -0.1) is 11.8 Å². The average Bonchev–Trinajstić information content (AvgIpc) is 2.85. The molecular formula is C23H21N3O7S. The molecule has 2 aromatic carbocycles. The standard InChI is InChI=1S/C23H21N3O7S/c1-14(27)32-12-17-13-34-22-23(24,26(30)31)21(29)25(22)18(17)20(28)33-19(15-8-4-2-5-9-15)16-10-6-3-7-11-16/h2-11,19,22H,12-13,24H2,1H3/t22-,23?/m1/s1. The molecule has 10 nitrogen and oxygen atoms in total. The Kier molecular flexibility index (Phi) is 6.40. The number of hydrogen-bond acceptors (Lipinski definition) is 9. The fraction of sp³-hybridized carbons (Fsp3) is 0.261. The highest BCUT2D eigenvalue weighted by Gasteiger charge is 2.72. The SMILES string of the molecule is CC(=O)OCC1=C(C(=O)OC(c2ccccc2)c2ccccc2)N2C(=O)C(N)([N+](=O)[O-])[C@H]2SC1. The highest BCUT2D eigenvalue weighted by molar-refractivity contribution is 8.00. The monoisotopic (exact) mass is 483 g/mol. The van der Waals surface area contributed by atoms with Crippen LogP contribution in [0.15, 0.2) is 71.9 Å². The number of carbonyl (C=O) groups excluding carboxylic acids is 3. The Morgan fingerprint density at radius 2 is 1.74 bits per heavy atom. The van der Waals surface area contributed by atoms with Crippen LogP contribution >= 0.6 is 11.8 Å². The third-order valence-electron chi connectivity index (χ3n) is 5.54. The number of nitrogens with zero attached hydrogens (tertiary/aromatic N) is 2. The lowest BCUT2D eigenvalue weighted by Gasteiger charge is -2.49. The number of amides is 1. The van der Waals surface area contributed by atoms with Crippen molar-refractivity contribution in [2.24, 2.45) is 5.73 Å². The predicted molar refractivity (Wildman–Crippen MR) is 121 cm³/mol. The third-order valence-corrected chi connectivity index (χ3v) is 6.94. The van der Waals surface area contributed by atoms with Gasteiger partial charge >= 0.3 is 23.5 Å². The third kappa shape index (κ3) is 4.03. The van der Waals surface area contributed by atoms with Gasteiger partial charge in [0.25, 0.3) is 0 Å². The highest BCUT2D eigenvalue weighted by Crippen LogP contribution is 2.46. The molecule has 0 radical (unpaired) electrons. The Morgan fingerprint density at radius 1 is 1.18 bits per heavy atom. The lowest BCUT2D eigenvalue weighted by Crippen LogP contribution is -2.81. The molecule has 2 aliphatic rings. The van der Waals surface area contributed by atoms with E-state index in [4.69, 9.17) is 15.2 Å². The number of ether oxygens (including phenoxy) is 2. The molecule has 1 amide bonds. The van der Waals surface area contributed by atoms with E-state index in [1.54, 1.807) is 48.5 Å². The van der Waals surface area contributed by atoms with Crippen molar-refractivity contribution >= 4 is 29.6 Å². The number of fused-ring (bicyclic) bond motifs is 1. The molecule has 2 aromatic rings. The number of β-lactam (4-membered cyclic amide) rings is 1. The number of rotatable bonds is 7. The van der Waals surface area contributed by atoms with Crippen molar-refractivity contribution < 1.29 is 28.8 Å². The minimum Gasteiger partial charge on any atom is -0.461 e. The molecule has 11 heteroatoms. The van der Waals surface area contributed by atoms with Crippen molar-refractivity contribution in [2.45, 2.75) is 24.1 Å². The normalized spacial score (nSPS) is 21.6. The first-order valence-electron chi connectivity index (χ1n) is 10.3. The Balaban J connectivity index is 1.71. The Hall–Kier alpha value is -3.70. The number of benzene rings is 2. The number of carbonyl (C=O) groups is 3. The summed E-state index contributed by atoms with van der Waals surface area (Å²) >= 11 is 1.03. The van der Waals surface area contributed by atoms with Crippen LogP contribution in [0.2, 0.25) is 0 Å². The maximum atomic E-state index is 13.5. The number of thioether (sulfide) groups is 1. The zero-order valence-electron chi connectivity index (χ0n) is 18.1. The molecule has 2 atom stereocenters. The molecule has 0 aromatic heterocycles. The molecule has 34 heavy (non-hydrogen) atoms. The predicted octanol–water partition coefficient (Wildman–Crippen LogP) is 1.98. The summed E-state index contributed by atoms with van der Waals surface area (Å²) in [5, 5.41) is 10.4. The second-order valence-electron chi connectivity index (χ2n) is 7.76. The minimum atomic E-state index is -2.35. The van der Waals surface area contributed by atoms with Crippen LogP contribution in [0.4, 0.5) is 0 Å². The van der Waals surface area contributed by atoms with Crippen LogP contribution in [-0.4, -0.2) is 51.1 Å².